The number of rotatable bonds is 4. The van der Waals surface area contributed by atoms with Gasteiger partial charge < -0.3 is 4.90 Å². The van der Waals surface area contributed by atoms with E-state index in [1.54, 1.807) is 6.07 Å². The fraction of sp³-hybridized carbons (Fsp3) is 0.316. The highest BCUT2D eigenvalue weighted by atomic mass is 19.3. The van der Waals surface area contributed by atoms with Crippen molar-refractivity contribution in [3.63, 3.8) is 0 Å². The van der Waals surface area contributed by atoms with Crippen molar-refractivity contribution in [2.45, 2.75) is 25.6 Å². The lowest BCUT2D eigenvalue weighted by atomic mass is 10.0. The van der Waals surface area contributed by atoms with Crippen LogP contribution >= 0.6 is 0 Å². The van der Waals surface area contributed by atoms with Gasteiger partial charge in [0.1, 0.15) is 24.1 Å². The van der Waals surface area contributed by atoms with Gasteiger partial charge in [0.05, 0.1) is 23.8 Å². The van der Waals surface area contributed by atoms with E-state index in [0.717, 1.165) is 12.1 Å². The molecule has 3 aromatic rings. The fourth-order valence-electron chi connectivity index (χ4n) is 3.30. The summed E-state index contributed by atoms with van der Waals surface area (Å²) in [6, 6.07) is 5.12. The molecule has 1 aliphatic heterocycles. The van der Waals surface area contributed by atoms with Crippen LogP contribution in [0.3, 0.4) is 0 Å². The van der Waals surface area contributed by atoms with Crippen LogP contribution in [0.1, 0.15) is 18.4 Å². The minimum Gasteiger partial charge on any atom is -0.338 e. The van der Waals surface area contributed by atoms with E-state index in [-0.39, 0.29) is 19.0 Å². The predicted molar refractivity (Wildman–Crippen MR) is 94.0 cm³/mol. The second kappa shape index (κ2) is 7.21. The molecule has 0 aliphatic carbocycles. The number of hydrogen-bond donors (Lipinski definition) is 0. The van der Waals surface area contributed by atoms with Gasteiger partial charge in [0.25, 0.3) is 6.43 Å². The first kappa shape index (κ1) is 18.4. The van der Waals surface area contributed by atoms with Gasteiger partial charge in [-0.25, -0.2) is 17.6 Å². The highest BCUT2D eigenvalue weighted by Gasteiger charge is 2.26. The van der Waals surface area contributed by atoms with E-state index in [1.807, 2.05) is 0 Å². The smallest absolute Gasteiger partial charge is 0.266 e. The van der Waals surface area contributed by atoms with Gasteiger partial charge in [-0.15, -0.1) is 0 Å². The third-order valence-electron chi connectivity index (χ3n) is 4.83. The number of likely N-dealkylation sites (tertiary alicyclic amines) is 1. The number of pyridine rings is 1. The normalized spacial score (nSPS) is 17.0. The summed E-state index contributed by atoms with van der Waals surface area (Å²) >= 11 is 0. The number of carbonyl (C=O) groups is 1. The van der Waals surface area contributed by atoms with Gasteiger partial charge >= 0.3 is 0 Å². The molecule has 3 heterocycles. The van der Waals surface area contributed by atoms with Crippen LogP contribution in [0.5, 0.6) is 0 Å². The molecule has 1 atom stereocenters. The van der Waals surface area contributed by atoms with Gasteiger partial charge in [-0.1, -0.05) is 6.07 Å². The van der Waals surface area contributed by atoms with Crippen LogP contribution in [-0.2, 0) is 11.3 Å². The Labute approximate surface area is 157 Å². The van der Waals surface area contributed by atoms with Crippen molar-refractivity contribution in [2.75, 3.05) is 13.1 Å². The van der Waals surface area contributed by atoms with Gasteiger partial charge in [0.15, 0.2) is 0 Å². The zero-order chi connectivity index (χ0) is 19.8. The highest BCUT2D eigenvalue weighted by molar-refractivity contribution is 5.83. The first-order valence-corrected chi connectivity index (χ1v) is 8.74. The number of alkyl halides is 3. The molecule has 146 valence electrons. The molecule has 2 aromatic heterocycles. The molecule has 0 bridgehead atoms. The molecule has 0 unspecified atom stereocenters. The largest absolute Gasteiger partial charge is 0.338 e. The average Bonchev–Trinajstić information content (AvgIpc) is 3.28. The molecule has 1 aromatic carbocycles. The summed E-state index contributed by atoms with van der Waals surface area (Å²) in [4.78, 5) is 18.1. The molecule has 5 nitrogen and oxygen atoms in total. The number of fused-ring (bicyclic) bond motifs is 1. The quantitative estimate of drug-likeness (QED) is 0.636. The maximum Gasteiger partial charge on any atom is 0.266 e. The third-order valence-corrected chi connectivity index (χ3v) is 4.83. The van der Waals surface area contributed by atoms with Crippen LogP contribution in [0.2, 0.25) is 0 Å². The van der Waals surface area contributed by atoms with E-state index < -0.39 is 24.0 Å². The first-order chi connectivity index (χ1) is 13.4. The molecule has 4 rings (SSSR count). The van der Waals surface area contributed by atoms with Crippen molar-refractivity contribution in [3.05, 3.63) is 48.0 Å². The van der Waals surface area contributed by atoms with Crippen molar-refractivity contribution in [1.82, 2.24) is 19.7 Å². The van der Waals surface area contributed by atoms with Crippen LogP contribution < -0.4 is 0 Å². The van der Waals surface area contributed by atoms with Crippen molar-refractivity contribution >= 4 is 16.9 Å². The van der Waals surface area contributed by atoms with Crippen LogP contribution in [0.4, 0.5) is 17.6 Å². The lowest BCUT2D eigenvalue weighted by Gasteiger charge is -2.15. The van der Waals surface area contributed by atoms with Crippen molar-refractivity contribution in [1.29, 1.82) is 0 Å². The second-order valence-electron chi connectivity index (χ2n) is 6.69. The molecule has 28 heavy (non-hydrogen) atoms. The number of amides is 1. The summed E-state index contributed by atoms with van der Waals surface area (Å²) in [5, 5.41) is 4.15. The zero-order valence-electron chi connectivity index (χ0n) is 14.7. The van der Waals surface area contributed by atoms with E-state index in [4.69, 9.17) is 0 Å². The minimum absolute atomic E-state index is 0.0763. The van der Waals surface area contributed by atoms with Crippen molar-refractivity contribution < 1.29 is 22.4 Å². The van der Waals surface area contributed by atoms with Crippen molar-refractivity contribution in [3.8, 4) is 11.1 Å². The number of nitrogens with zero attached hydrogens (tertiary/aromatic N) is 4. The standard InChI is InChI=1S/C19H16F4N4O/c20-13-3-4-26(9-13)18(28)10-27-17-6-12(7-24-16(17)8-25-27)11-1-2-15(21)14(5-11)19(22)23/h1-2,5-8,13,19H,3-4,9-10H2/t13-/m0/s1. The van der Waals surface area contributed by atoms with Gasteiger partial charge in [-0.2, -0.15) is 5.10 Å². The maximum atomic E-state index is 13.5. The molecule has 0 radical (unpaired) electrons. The summed E-state index contributed by atoms with van der Waals surface area (Å²) in [5.74, 6) is -1.22. The second-order valence-corrected chi connectivity index (χ2v) is 6.69. The molecule has 1 amide bonds. The van der Waals surface area contributed by atoms with Gasteiger partial charge in [0, 0.05) is 18.3 Å². The Bertz CT molecular complexity index is 1040. The predicted octanol–water partition coefficient (Wildman–Crippen LogP) is 3.75. The molecular weight excluding hydrogens is 376 g/mol. The number of carbonyl (C=O) groups excluding carboxylic acids is 1. The maximum absolute atomic E-state index is 13.5. The molecule has 9 heteroatoms. The van der Waals surface area contributed by atoms with E-state index in [9.17, 15) is 22.4 Å². The lowest BCUT2D eigenvalue weighted by molar-refractivity contribution is -0.131. The molecule has 0 saturated carbocycles. The Kier molecular flexibility index (Phi) is 4.74. The molecule has 1 aliphatic rings. The summed E-state index contributed by atoms with van der Waals surface area (Å²) in [5.41, 5.74) is 1.25. The lowest BCUT2D eigenvalue weighted by Crippen LogP contribution is -2.32. The van der Waals surface area contributed by atoms with E-state index in [2.05, 4.69) is 10.1 Å². The molecule has 0 N–H and O–H groups in total. The van der Waals surface area contributed by atoms with Crippen LogP contribution in [0, 0.1) is 5.82 Å². The van der Waals surface area contributed by atoms with Gasteiger partial charge in [0.2, 0.25) is 5.91 Å². The molecule has 1 saturated heterocycles. The third kappa shape index (κ3) is 3.44. The molecule has 1 fully saturated rings. The Morgan fingerprint density at radius 1 is 1.21 bits per heavy atom. The molecular formula is C19H16F4N4O. The van der Waals surface area contributed by atoms with Gasteiger partial charge in [-0.3, -0.25) is 14.5 Å². The minimum atomic E-state index is -2.93. The van der Waals surface area contributed by atoms with Gasteiger partial charge in [-0.05, 0) is 30.2 Å². The van der Waals surface area contributed by atoms with E-state index in [1.165, 1.54) is 28.0 Å². The summed E-state index contributed by atoms with van der Waals surface area (Å²) in [7, 11) is 0. The topological polar surface area (TPSA) is 51.0 Å². The highest BCUT2D eigenvalue weighted by Crippen LogP contribution is 2.29. The monoisotopic (exact) mass is 392 g/mol. The average molecular weight is 392 g/mol. The SMILES string of the molecule is O=C(Cn1ncc2ncc(-c3ccc(F)c(C(F)F)c3)cc21)N1CC[C@H](F)C1. The Balaban J connectivity index is 1.65. The van der Waals surface area contributed by atoms with E-state index >= 15 is 0 Å². The van der Waals surface area contributed by atoms with Crippen LogP contribution in [0.15, 0.2) is 36.7 Å². The van der Waals surface area contributed by atoms with Crippen molar-refractivity contribution in [2.24, 2.45) is 0 Å². The van der Waals surface area contributed by atoms with Crippen LogP contribution in [-0.4, -0.2) is 44.8 Å². The van der Waals surface area contributed by atoms with E-state index in [0.29, 0.717) is 35.1 Å². The number of hydrogen-bond acceptors (Lipinski definition) is 3. The first-order valence-electron chi connectivity index (χ1n) is 8.74. The zero-order valence-corrected chi connectivity index (χ0v) is 14.7. The number of aromatic nitrogens is 3. The number of benzene rings is 1. The summed E-state index contributed by atoms with van der Waals surface area (Å²) in [6.07, 6.45) is -0.640. The van der Waals surface area contributed by atoms with Crippen LogP contribution in [0.25, 0.3) is 22.2 Å². The Morgan fingerprint density at radius 3 is 2.75 bits per heavy atom. The Hall–Kier alpha value is -2.97. The number of halogens is 4. The Morgan fingerprint density at radius 2 is 2.04 bits per heavy atom. The molecule has 0 spiro atoms. The summed E-state index contributed by atoms with van der Waals surface area (Å²) < 4.78 is 54.2. The fourth-order valence-corrected chi connectivity index (χ4v) is 3.30. The summed E-state index contributed by atoms with van der Waals surface area (Å²) in [6.45, 7) is 0.370.